The molecule has 3 rings (SSSR count). The third kappa shape index (κ3) is 4.99. The second-order valence-corrected chi connectivity index (χ2v) is 7.56. The fourth-order valence-electron chi connectivity index (χ4n) is 2.61. The molecule has 0 spiro atoms. The fraction of sp³-hybridized carbons (Fsp3) is 0.294. The Bertz CT molecular complexity index is 884. The Labute approximate surface area is 150 Å². The number of amides is 1. The highest BCUT2D eigenvalue weighted by Crippen LogP contribution is 2.22. The Morgan fingerprint density at radius 3 is 2.58 bits per heavy atom. The molecule has 1 aromatic carbocycles. The largest absolute Gasteiger partial charge is 0.439 e. The van der Waals surface area contributed by atoms with E-state index < -0.39 is 16.2 Å². The van der Waals surface area contributed by atoms with Crippen molar-refractivity contribution in [2.75, 3.05) is 12.8 Å². The van der Waals surface area contributed by atoms with Crippen LogP contribution in [0.15, 0.2) is 42.6 Å². The Morgan fingerprint density at radius 2 is 1.96 bits per heavy atom. The highest BCUT2D eigenvalue weighted by molar-refractivity contribution is 7.86. The lowest BCUT2D eigenvalue weighted by Crippen LogP contribution is -2.26. The van der Waals surface area contributed by atoms with E-state index in [1.165, 1.54) is 29.2 Å². The summed E-state index contributed by atoms with van der Waals surface area (Å²) in [5.74, 6) is 0.271. The quantitative estimate of drug-likeness (QED) is 0.714. The van der Waals surface area contributed by atoms with Crippen LogP contribution < -0.4 is 4.74 Å². The van der Waals surface area contributed by atoms with Crippen LogP contribution in [0.1, 0.15) is 12.0 Å². The second-order valence-electron chi connectivity index (χ2n) is 5.96. The summed E-state index contributed by atoms with van der Waals surface area (Å²) in [4.78, 5) is 17.7. The molecule has 0 aliphatic carbocycles. The van der Waals surface area contributed by atoms with Gasteiger partial charge in [0.2, 0.25) is 11.8 Å². The molecule has 138 valence electrons. The molecule has 0 saturated carbocycles. The van der Waals surface area contributed by atoms with Crippen LogP contribution in [0, 0.1) is 5.82 Å². The smallest absolute Gasteiger partial charge is 0.264 e. The number of hydrogen-bond donors (Lipinski definition) is 0. The maximum Gasteiger partial charge on any atom is 0.264 e. The number of benzene rings is 1. The zero-order valence-electron chi connectivity index (χ0n) is 14.0. The van der Waals surface area contributed by atoms with E-state index in [0.717, 1.165) is 11.8 Å². The van der Waals surface area contributed by atoms with E-state index in [4.69, 9.17) is 8.92 Å². The number of carbonyl (C=O) groups excluding carboxylic acids is 1. The molecule has 2 aromatic rings. The van der Waals surface area contributed by atoms with Gasteiger partial charge in [0, 0.05) is 25.4 Å². The molecule has 7 nitrogen and oxygen atoms in total. The molecular formula is C17H17FN2O5S. The van der Waals surface area contributed by atoms with E-state index in [1.807, 2.05) is 0 Å². The molecule has 1 amide bonds. The minimum absolute atomic E-state index is 0.0340. The Morgan fingerprint density at radius 1 is 1.23 bits per heavy atom. The molecule has 0 radical (unpaired) electrons. The van der Waals surface area contributed by atoms with Gasteiger partial charge in [-0.15, -0.1) is 0 Å². The van der Waals surface area contributed by atoms with E-state index >= 15 is 0 Å². The molecule has 0 N–H and O–H groups in total. The van der Waals surface area contributed by atoms with Gasteiger partial charge in [-0.1, -0.05) is 6.07 Å². The zero-order valence-corrected chi connectivity index (χ0v) is 14.8. The van der Waals surface area contributed by atoms with Crippen LogP contribution >= 0.6 is 0 Å². The van der Waals surface area contributed by atoms with Crippen LogP contribution in [0.5, 0.6) is 11.6 Å². The molecule has 1 aromatic heterocycles. The number of pyridine rings is 1. The summed E-state index contributed by atoms with van der Waals surface area (Å²) < 4.78 is 45.6. The topological polar surface area (TPSA) is 85.8 Å². The lowest BCUT2D eigenvalue weighted by molar-refractivity contribution is -0.128. The maximum atomic E-state index is 12.9. The van der Waals surface area contributed by atoms with E-state index in [1.54, 1.807) is 18.3 Å². The van der Waals surface area contributed by atoms with Gasteiger partial charge in [-0.2, -0.15) is 8.42 Å². The first-order chi connectivity index (χ1) is 12.3. The first-order valence-electron chi connectivity index (χ1n) is 7.83. The minimum atomic E-state index is -3.60. The fourth-order valence-corrected chi connectivity index (χ4v) is 3.23. The molecule has 2 heterocycles. The molecule has 9 heteroatoms. The SMILES string of the molecule is CS(=O)(=O)OC1CC(=O)N(Cc2ccc(Oc3ccc(F)cc3)nc2)C1. The lowest BCUT2D eigenvalue weighted by Gasteiger charge is -2.16. The maximum absolute atomic E-state index is 12.9. The molecule has 1 aliphatic heterocycles. The lowest BCUT2D eigenvalue weighted by atomic mass is 10.2. The van der Waals surface area contributed by atoms with E-state index in [9.17, 15) is 17.6 Å². The number of nitrogens with zero attached hydrogens (tertiary/aromatic N) is 2. The average molecular weight is 380 g/mol. The van der Waals surface area contributed by atoms with Gasteiger partial charge in [0.1, 0.15) is 17.7 Å². The van der Waals surface area contributed by atoms with E-state index in [0.29, 0.717) is 18.2 Å². The third-order valence-corrected chi connectivity index (χ3v) is 4.32. The number of likely N-dealkylation sites (tertiary alicyclic amines) is 1. The standard InChI is InChI=1S/C17H17FN2O5S/c1-26(22,23)25-15-8-17(21)20(11-15)10-12-2-7-16(19-9-12)24-14-5-3-13(18)4-6-14/h2-7,9,15H,8,10-11H2,1H3. The van der Waals surface area contributed by atoms with Crippen LogP contribution in [0.25, 0.3) is 0 Å². The monoisotopic (exact) mass is 380 g/mol. The molecule has 1 fully saturated rings. The van der Waals surface area contributed by atoms with Crippen molar-refractivity contribution in [3.05, 3.63) is 54.0 Å². The average Bonchev–Trinajstić information content (AvgIpc) is 2.89. The second kappa shape index (κ2) is 7.38. The molecule has 1 aliphatic rings. The van der Waals surface area contributed by atoms with Crippen molar-refractivity contribution in [2.45, 2.75) is 19.1 Å². The van der Waals surface area contributed by atoms with E-state index in [2.05, 4.69) is 4.98 Å². The summed E-state index contributed by atoms with van der Waals surface area (Å²) in [6, 6.07) is 8.97. The summed E-state index contributed by atoms with van der Waals surface area (Å²) in [5, 5.41) is 0. The predicted octanol–water partition coefficient (Wildman–Crippen LogP) is 2.09. The Kier molecular flexibility index (Phi) is 5.19. The van der Waals surface area contributed by atoms with Crippen LogP contribution in [0.3, 0.4) is 0 Å². The highest BCUT2D eigenvalue weighted by atomic mass is 32.2. The minimum Gasteiger partial charge on any atom is -0.439 e. The van der Waals surface area contributed by atoms with Crippen molar-refractivity contribution < 1.29 is 26.5 Å². The summed E-state index contributed by atoms with van der Waals surface area (Å²) in [6.45, 7) is 0.506. The van der Waals surface area contributed by atoms with Gasteiger partial charge in [-0.05, 0) is 29.8 Å². The van der Waals surface area contributed by atoms with Gasteiger partial charge in [0.05, 0.1) is 12.7 Å². The summed E-state index contributed by atoms with van der Waals surface area (Å²) in [5.41, 5.74) is 0.768. The van der Waals surface area contributed by atoms with Crippen molar-refractivity contribution in [1.82, 2.24) is 9.88 Å². The molecule has 0 bridgehead atoms. The zero-order chi connectivity index (χ0) is 18.7. The Balaban J connectivity index is 1.59. The van der Waals surface area contributed by atoms with Crippen molar-refractivity contribution in [3.8, 4) is 11.6 Å². The number of rotatable bonds is 6. The van der Waals surface area contributed by atoms with Gasteiger partial charge >= 0.3 is 0 Å². The number of ether oxygens (including phenoxy) is 1. The molecule has 1 atom stereocenters. The first kappa shape index (κ1) is 18.3. The van der Waals surface area contributed by atoms with Crippen molar-refractivity contribution in [3.63, 3.8) is 0 Å². The van der Waals surface area contributed by atoms with Gasteiger partial charge in [0.25, 0.3) is 10.1 Å². The van der Waals surface area contributed by atoms with Crippen LogP contribution in [-0.2, 0) is 25.6 Å². The van der Waals surface area contributed by atoms with Crippen LogP contribution in [0.2, 0.25) is 0 Å². The van der Waals surface area contributed by atoms with Crippen molar-refractivity contribution >= 4 is 16.0 Å². The van der Waals surface area contributed by atoms with Gasteiger partial charge < -0.3 is 9.64 Å². The van der Waals surface area contributed by atoms with E-state index in [-0.39, 0.29) is 24.7 Å². The van der Waals surface area contributed by atoms with Gasteiger partial charge in [0.15, 0.2) is 0 Å². The summed E-state index contributed by atoms with van der Waals surface area (Å²) in [6.07, 6.45) is 1.90. The third-order valence-electron chi connectivity index (χ3n) is 3.70. The van der Waals surface area contributed by atoms with Crippen LogP contribution in [0.4, 0.5) is 4.39 Å². The number of halogens is 1. The predicted molar refractivity (Wildman–Crippen MR) is 90.5 cm³/mol. The summed E-state index contributed by atoms with van der Waals surface area (Å²) in [7, 11) is -3.60. The highest BCUT2D eigenvalue weighted by Gasteiger charge is 2.32. The number of aromatic nitrogens is 1. The molecule has 1 unspecified atom stereocenters. The van der Waals surface area contributed by atoms with Crippen molar-refractivity contribution in [2.24, 2.45) is 0 Å². The first-order valence-corrected chi connectivity index (χ1v) is 9.64. The van der Waals surface area contributed by atoms with Crippen molar-refractivity contribution in [1.29, 1.82) is 0 Å². The summed E-state index contributed by atoms with van der Waals surface area (Å²) >= 11 is 0. The van der Waals surface area contributed by atoms with Gasteiger partial charge in [-0.25, -0.2) is 9.37 Å². The normalized spacial score (nSPS) is 17.5. The Hall–Kier alpha value is -2.52. The molecular weight excluding hydrogens is 363 g/mol. The number of hydrogen-bond acceptors (Lipinski definition) is 6. The van der Waals surface area contributed by atoms with Gasteiger partial charge in [-0.3, -0.25) is 8.98 Å². The number of carbonyl (C=O) groups is 1. The molecule has 26 heavy (non-hydrogen) atoms. The molecule has 1 saturated heterocycles. The van der Waals surface area contributed by atoms with Crippen LogP contribution in [-0.4, -0.2) is 43.1 Å².